The zero-order valence-corrected chi connectivity index (χ0v) is 7.83. The van der Waals surface area contributed by atoms with Gasteiger partial charge in [-0.05, 0) is 33.2 Å². The van der Waals surface area contributed by atoms with Crippen LogP contribution in [-0.2, 0) is 0 Å². The average molecular weight is 175 g/mol. The van der Waals surface area contributed by atoms with Crippen molar-refractivity contribution < 1.29 is 9.50 Å². The standard InChI is InChI=1S/C9H18FNO/c1-7(2)11-5-3-4-8(10)9(12)6-11/h7-9,12H,3-6H2,1-2H3. The Morgan fingerprint density at radius 3 is 2.75 bits per heavy atom. The molecule has 1 rings (SSSR count). The second-order valence-electron chi connectivity index (χ2n) is 3.81. The fraction of sp³-hybridized carbons (Fsp3) is 1.00. The first-order valence-electron chi connectivity index (χ1n) is 4.67. The summed E-state index contributed by atoms with van der Waals surface area (Å²) in [5, 5.41) is 9.36. The third-order valence-electron chi connectivity index (χ3n) is 2.49. The molecule has 1 N–H and O–H groups in total. The van der Waals surface area contributed by atoms with E-state index in [1.165, 1.54) is 0 Å². The predicted octanol–water partition coefficient (Wildman–Crippen LogP) is 1.19. The van der Waals surface area contributed by atoms with Crippen molar-refractivity contribution in [2.24, 2.45) is 0 Å². The molecule has 0 spiro atoms. The molecule has 2 nitrogen and oxygen atoms in total. The number of β-amino-alcohol motifs (C(OH)–C–C–N with tert-alkyl or cyclic N) is 1. The maximum atomic E-state index is 13.0. The number of hydrogen-bond donors (Lipinski definition) is 1. The molecule has 0 aromatic rings. The highest BCUT2D eigenvalue weighted by atomic mass is 19.1. The lowest BCUT2D eigenvalue weighted by molar-refractivity contribution is 0.0504. The van der Waals surface area contributed by atoms with E-state index in [1.807, 2.05) is 0 Å². The number of hydrogen-bond acceptors (Lipinski definition) is 2. The number of aliphatic hydroxyl groups excluding tert-OH is 1. The van der Waals surface area contributed by atoms with Crippen molar-refractivity contribution >= 4 is 0 Å². The topological polar surface area (TPSA) is 23.5 Å². The van der Waals surface area contributed by atoms with Crippen LogP contribution in [0, 0.1) is 0 Å². The van der Waals surface area contributed by atoms with Crippen molar-refractivity contribution in [3.05, 3.63) is 0 Å². The van der Waals surface area contributed by atoms with Gasteiger partial charge in [0, 0.05) is 12.6 Å². The zero-order chi connectivity index (χ0) is 9.14. The van der Waals surface area contributed by atoms with Crippen molar-refractivity contribution in [3.63, 3.8) is 0 Å². The third-order valence-corrected chi connectivity index (χ3v) is 2.49. The van der Waals surface area contributed by atoms with Crippen LogP contribution in [-0.4, -0.2) is 41.4 Å². The molecule has 0 amide bonds. The molecule has 1 saturated heterocycles. The van der Waals surface area contributed by atoms with Crippen LogP contribution < -0.4 is 0 Å². The fourth-order valence-electron chi connectivity index (χ4n) is 1.60. The van der Waals surface area contributed by atoms with Crippen molar-refractivity contribution in [2.45, 2.75) is 45.0 Å². The van der Waals surface area contributed by atoms with Gasteiger partial charge in [-0.25, -0.2) is 4.39 Å². The smallest absolute Gasteiger partial charge is 0.127 e. The molecular weight excluding hydrogens is 157 g/mol. The molecule has 0 radical (unpaired) electrons. The average Bonchev–Trinajstić information content (AvgIpc) is 2.15. The van der Waals surface area contributed by atoms with E-state index in [9.17, 15) is 9.50 Å². The quantitative estimate of drug-likeness (QED) is 0.647. The molecule has 72 valence electrons. The predicted molar refractivity (Wildman–Crippen MR) is 46.8 cm³/mol. The van der Waals surface area contributed by atoms with E-state index in [0.29, 0.717) is 19.0 Å². The number of rotatable bonds is 1. The zero-order valence-electron chi connectivity index (χ0n) is 7.83. The van der Waals surface area contributed by atoms with Gasteiger partial charge in [0.1, 0.15) is 6.17 Å². The maximum Gasteiger partial charge on any atom is 0.127 e. The first-order chi connectivity index (χ1) is 5.61. The third kappa shape index (κ3) is 2.42. The van der Waals surface area contributed by atoms with Gasteiger partial charge >= 0.3 is 0 Å². The highest BCUT2D eigenvalue weighted by Crippen LogP contribution is 2.16. The fourth-order valence-corrected chi connectivity index (χ4v) is 1.60. The maximum absolute atomic E-state index is 13.0. The first kappa shape index (κ1) is 9.93. The molecular formula is C9H18FNO. The molecule has 0 saturated carbocycles. The molecule has 1 fully saturated rings. The molecule has 0 aromatic carbocycles. The highest BCUT2D eigenvalue weighted by molar-refractivity contribution is 4.78. The summed E-state index contributed by atoms with van der Waals surface area (Å²) in [4.78, 5) is 2.13. The molecule has 0 aromatic heterocycles. The van der Waals surface area contributed by atoms with E-state index in [2.05, 4.69) is 18.7 Å². The second kappa shape index (κ2) is 4.19. The van der Waals surface area contributed by atoms with Crippen molar-refractivity contribution in [1.29, 1.82) is 0 Å². The van der Waals surface area contributed by atoms with E-state index >= 15 is 0 Å². The summed E-state index contributed by atoms with van der Waals surface area (Å²) in [6.07, 6.45) is -0.440. The van der Waals surface area contributed by atoms with Crippen LogP contribution in [0.2, 0.25) is 0 Å². The van der Waals surface area contributed by atoms with Gasteiger partial charge in [0.25, 0.3) is 0 Å². The van der Waals surface area contributed by atoms with Crippen molar-refractivity contribution in [1.82, 2.24) is 4.90 Å². The van der Waals surface area contributed by atoms with Crippen LogP contribution in [0.4, 0.5) is 4.39 Å². The van der Waals surface area contributed by atoms with Crippen molar-refractivity contribution in [2.75, 3.05) is 13.1 Å². The molecule has 3 heteroatoms. The van der Waals surface area contributed by atoms with Crippen LogP contribution in [0.3, 0.4) is 0 Å². The summed E-state index contributed by atoms with van der Waals surface area (Å²) in [5.41, 5.74) is 0. The Hall–Kier alpha value is -0.150. The van der Waals surface area contributed by atoms with Crippen LogP contribution in [0.15, 0.2) is 0 Å². The van der Waals surface area contributed by atoms with E-state index in [1.54, 1.807) is 0 Å². The minimum absolute atomic E-state index is 0.407. The van der Waals surface area contributed by atoms with Gasteiger partial charge in [0.15, 0.2) is 0 Å². The Kier molecular flexibility index (Phi) is 3.47. The van der Waals surface area contributed by atoms with Gasteiger partial charge in [0.2, 0.25) is 0 Å². The largest absolute Gasteiger partial charge is 0.389 e. The molecule has 1 heterocycles. The Morgan fingerprint density at radius 2 is 2.17 bits per heavy atom. The number of halogens is 1. The molecule has 0 bridgehead atoms. The minimum Gasteiger partial charge on any atom is -0.389 e. The molecule has 2 unspecified atom stereocenters. The van der Waals surface area contributed by atoms with E-state index in [-0.39, 0.29) is 0 Å². The summed E-state index contributed by atoms with van der Waals surface area (Å²) >= 11 is 0. The normalized spacial score (nSPS) is 33.8. The number of likely N-dealkylation sites (tertiary alicyclic amines) is 1. The lowest BCUT2D eigenvalue weighted by Crippen LogP contribution is -2.38. The summed E-state index contributed by atoms with van der Waals surface area (Å²) in [6.45, 7) is 5.55. The van der Waals surface area contributed by atoms with Gasteiger partial charge in [0.05, 0.1) is 6.10 Å². The van der Waals surface area contributed by atoms with Gasteiger partial charge in [-0.1, -0.05) is 0 Å². The van der Waals surface area contributed by atoms with Crippen molar-refractivity contribution in [3.8, 4) is 0 Å². The van der Waals surface area contributed by atoms with E-state index in [4.69, 9.17) is 0 Å². The van der Waals surface area contributed by atoms with Gasteiger partial charge in [-0.2, -0.15) is 0 Å². The Labute approximate surface area is 73.4 Å². The Bertz CT molecular complexity index is 140. The molecule has 2 atom stereocenters. The van der Waals surface area contributed by atoms with Gasteiger partial charge in [-0.3, -0.25) is 4.90 Å². The van der Waals surface area contributed by atoms with E-state index < -0.39 is 12.3 Å². The van der Waals surface area contributed by atoms with Gasteiger partial charge in [-0.15, -0.1) is 0 Å². The summed E-state index contributed by atoms with van der Waals surface area (Å²) in [7, 11) is 0. The number of nitrogens with zero attached hydrogens (tertiary/aromatic N) is 1. The number of aliphatic hydroxyl groups is 1. The molecule has 12 heavy (non-hydrogen) atoms. The lowest BCUT2D eigenvalue weighted by atomic mass is 10.1. The number of alkyl halides is 1. The molecule has 1 aliphatic heterocycles. The van der Waals surface area contributed by atoms with Crippen LogP contribution in [0.1, 0.15) is 26.7 Å². The minimum atomic E-state index is -1.02. The second-order valence-corrected chi connectivity index (χ2v) is 3.81. The van der Waals surface area contributed by atoms with Crippen LogP contribution >= 0.6 is 0 Å². The SMILES string of the molecule is CC(C)N1CCCC(F)C(O)C1. The van der Waals surface area contributed by atoms with Gasteiger partial charge < -0.3 is 5.11 Å². The molecule has 1 aliphatic rings. The summed E-state index contributed by atoms with van der Waals surface area (Å²) in [6, 6.07) is 0.407. The molecule has 0 aliphatic carbocycles. The monoisotopic (exact) mass is 175 g/mol. The Morgan fingerprint density at radius 1 is 1.50 bits per heavy atom. The summed E-state index contributed by atoms with van der Waals surface area (Å²) in [5.74, 6) is 0. The first-order valence-corrected chi connectivity index (χ1v) is 4.67. The summed E-state index contributed by atoms with van der Waals surface area (Å²) < 4.78 is 13.0. The lowest BCUT2D eigenvalue weighted by Gasteiger charge is -2.25. The highest BCUT2D eigenvalue weighted by Gasteiger charge is 2.25. The van der Waals surface area contributed by atoms with Crippen LogP contribution in [0.25, 0.3) is 0 Å². The van der Waals surface area contributed by atoms with Crippen LogP contribution in [0.5, 0.6) is 0 Å². The van der Waals surface area contributed by atoms with E-state index in [0.717, 1.165) is 13.0 Å². The Balaban J connectivity index is 2.48.